The number of ether oxygens (including phenoxy) is 1. The fourth-order valence-electron chi connectivity index (χ4n) is 2.22. The third-order valence-electron chi connectivity index (χ3n) is 3.34. The fraction of sp³-hybridized carbons (Fsp3) is 0.500. The zero-order valence-corrected chi connectivity index (χ0v) is 10.8. The second-order valence-electron chi connectivity index (χ2n) is 4.70. The Bertz CT molecular complexity index is 410. The Hall–Kier alpha value is -1.75. The number of likely N-dealkylation sites (tertiary alicyclic amines) is 1. The molecule has 1 amide bonds. The van der Waals surface area contributed by atoms with E-state index in [9.17, 15) is 4.79 Å². The summed E-state index contributed by atoms with van der Waals surface area (Å²) in [4.78, 5) is 12.2. The molecule has 1 fully saturated rings. The molecule has 0 atom stereocenters. The third-order valence-corrected chi connectivity index (χ3v) is 3.34. The first-order chi connectivity index (χ1) is 9.19. The maximum atomic E-state index is 10.8. The molecule has 5 nitrogen and oxygen atoms in total. The molecule has 5 heteroatoms. The number of nitrogens with zero attached hydrogens (tertiary/aromatic N) is 1. The fourth-order valence-corrected chi connectivity index (χ4v) is 2.22. The predicted molar refractivity (Wildman–Crippen MR) is 70.5 cm³/mol. The van der Waals surface area contributed by atoms with Crippen LogP contribution in [0.3, 0.4) is 0 Å². The van der Waals surface area contributed by atoms with E-state index >= 15 is 0 Å². The van der Waals surface area contributed by atoms with Crippen LogP contribution in [0.15, 0.2) is 24.3 Å². The molecule has 0 aliphatic carbocycles. The molecular weight excluding hydrogens is 246 g/mol. The molecule has 1 aromatic carbocycles. The number of benzene rings is 1. The van der Waals surface area contributed by atoms with Gasteiger partial charge in [0, 0.05) is 32.5 Å². The van der Waals surface area contributed by atoms with Crippen molar-refractivity contribution < 1.29 is 19.7 Å². The smallest absolute Gasteiger partial charge is 0.407 e. The van der Waals surface area contributed by atoms with Crippen molar-refractivity contribution in [1.82, 2.24) is 4.90 Å². The van der Waals surface area contributed by atoms with Crippen molar-refractivity contribution in [2.24, 2.45) is 0 Å². The molecule has 0 radical (unpaired) electrons. The van der Waals surface area contributed by atoms with Crippen molar-refractivity contribution in [2.45, 2.75) is 25.4 Å². The van der Waals surface area contributed by atoms with E-state index in [4.69, 9.17) is 14.9 Å². The average molecular weight is 265 g/mol. The Labute approximate surface area is 112 Å². The quantitative estimate of drug-likeness (QED) is 0.870. The van der Waals surface area contributed by atoms with Gasteiger partial charge in [-0.3, -0.25) is 0 Å². The highest BCUT2D eigenvalue weighted by Gasteiger charge is 2.23. The molecule has 0 spiro atoms. The number of carbonyl (C=O) groups is 1. The van der Waals surface area contributed by atoms with Gasteiger partial charge in [-0.2, -0.15) is 0 Å². The minimum absolute atomic E-state index is 0.0827. The SMILES string of the molecule is O=C(O)N1CCC(Oc2ccc(CCO)cc2)CC1. The molecule has 1 heterocycles. The van der Waals surface area contributed by atoms with Gasteiger partial charge in [-0.15, -0.1) is 0 Å². The highest BCUT2D eigenvalue weighted by molar-refractivity contribution is 5.65. The van der Waals surface area contributed by atoms with Crippen molar-refractivity contribution in [3.63, 3.8) is 0 Å². The molecule has 1 saturated heterocycles. The van der Waals surface area contributed by atoms with E-state index in [1.165, 1.54) is 4.90 Å². The van der Waals surface area contributed by atoms with E-state index in [0.717, 1.165) is 24.2 Å². The first kappa shape index (κ1) is 13.7. The van der Waals surface area contributed by atoms with E-state index < -0.39 is 6.09 Å². The second-order valence-corrected chi connectivity index (χ2v) is 4.70. The van der Waals surface area contributed by atoms with Gasteiger partial charge in [-0.05, 0) is 24.1 Å². The van der Waals surface area contributed by atoms with Gasteiger partial charge in [0.25, 0.3) is 0 Å². The van der Waals surface area contributed by atoms with E-state index in [2.05, 4.69) is 0 Å². The number of aliphatic hydroxyl groups excluding tert-OH is 1. The molecular formula is C14H19NO4. The molecule has 1 aliphatic heterocycles. The van der Waals surface area contributed by atoms with Crippen molar-refractivity contribution >= 4 is 6.09 Å². The van der Waals surface area contributed by atoms with E-state index in [1.54, 1.807) is 0 Å². The monoisotopic (exact) mass is 265 g/mol. The number of hydrogen-bond acceptors (Lipinski definition) is 3. The molecule has 0 unspecified atom stereocenters. The van der Waals surface area contributed by atoms with Crippen LogP contribution in [0.1, 0.15) is 18.4 Å². The van der Waals surface area contributed by atoms with Gasteiger partial charge >= 0.3 is 6.09 Å². The number of carboxylic acid groups (broad SMARTS) is 1. The highest BCUT2D eigenvalue weighted by atomic mass is 16.5. The van der Waals surface area contributed by atoms with Crippen LogP contribution in [0, 0.1) is 0 Å². The van der Waals surface area contributed by atoms with Crippen molar-refractivity contribution in [3.8, 4) is 5.75 Å². The Morgan fingerprint density at radius 1 is 1.26 bits per heavy atom. The Morgan fingerprint density at radius 2 is 1.89 bits per heavy atom. The van der Waals surface area contributed by atoms with Gasteiger partial charge in [0.1, 0.15) is 11.9 Å². The van der Waals surface area contributed by atoms with E-state index in [-0.39, 0.29) is 12.7 Å². The van der Waals surface area contributed by atoms with Crippen molar-refractivity contribution in [3.05, 3.63) is 29.8 Å². The lowest BCUT2D eigenvalue weighted by molar-refractivity contribution is 0.0894. The van der Waals surface area contributed by atoms with Gasteiger partial charge in [0.15, 0.2) is 0 Å². The summed E-state index contributed by atoms with van der Waals surface area (Å²) in [5.74, 6) is 0.801. The summed E-state index contributed by atoms with van der Waals surface area (Å²) in [6.07, 6.45) is 1.33. The van der Waals surface area contributed by atoms with Crippen molar-refractivity contribution in [1.29, 1.82) is 0 Å². The lowest BCUT2D eigenvalue weighted by Gasteiger charge is -2.30. The largest absolute Gasteiger partial charge is 0.490 e. The minimum atomic E-state index is -0.855. The molecule has 104 valence electrons. The van der Waals surface area contributed by atoms with Gasteiger partial charge in [-0.25, -0.2) is 4.79 Å². The summed E-state index contributed by atoms with van der Waals surface area (Å²) >= 11 is 0. The van der Waals surface area contributed by atoms with Gasteiger partial charge in [0.2, 0.25) is 0 Å². The number of piperidine rings is 1. The number of amides is 1. The summed E-state index contributed by atoms with van der Waals surface area (Å²) < 4.78 is 5.83. The van der Waals surface area contributed by atoms with Crippen LogP contribution in [0.25, 0.3) is 0 Å². The molecule has 1 aromatic rings. The van der Waals surface area contributed by atoms with E-state index in [1.807, 2.05) is 24.3 Å². The van der Waals surface area contributed by atoms with Crippen LogP contribution < -0.4 is 4.74 Å². The molecule has 1 aliphatic rings. The molecule has 2 N–H and O–H groups in total. The summed E-state index contributed by atoms with van der Waals surface area (Å²) in [6, 6.07) is 7.68. The van der Waals surface area contributed by atoms with Gasteiger partial charge < -0.3 is 19.8 Å². The summed E-state index contributed by atoms with van der Waals surface area (Å²) in [7, 11) is 0. The Morgan fingerprint density at radius 3 is 2.42 bits per heavy atom. The minimum Gasteiger partial charge on any atom is -0.490 e. The van der Waals surface area contributed by atoms with Crippen LogP contribution in [0.2, 0.25) is 0 Å². The second kappa shape index (κ2) is 6.43. The van der Waals surface area contributed by atoms with Crippen LogP contribution in [0.5, 0.6) is 5.75 Å². The number of aliphatic hydroxyl groups is 1. The lowest BCUT2D eigenvalue weighted by atomic mass is 10.1. The lowest BCUT2D eigenvalue weighted by Crippen LogP contribution is -2.41. The zero-order chi connectivity index (χ0) is 13.7. The normalized spacial score (nSPS) is 16.4. The van der Waals surface area contributed by atoms with Crippen molar-refractivity contribution in [2.75, 3.05) is 19.7 Å². The first-order valence-corrected chi connectivity index (χ1v) is 6.53. The average Bonchev–Trinajstić information content (AvgIpc) is 2.42. The van der Waals surface area contributed by atoms with Crippen LogP contribution >= 0.6 is 0 Å². The first-order valence-electron chi connectivity index (χ1n) is 6.53. The van der Waals surface area contributed by atoms with Crippen LogP contribution in [0.4, 0.5) is 4.79 Å². The van der Waals surface area contributed by atoms with Gasteiger partial charge in [-0.1, -0.05) is 12.1 Å². The molecule has 0 aromatic heterocycles. The van der Waals surface area contributed by atoms with E-state index in [0.29, 0.717) is 19.5 Å². The maximum Gasteiger partial charge on any atom is 0.407 e. The molecule has 19 heavy (non-hydrogen) atoms. The topological polar surface area (TPSA) is 70.0 Å². The number of hydrogen-bond donors (Lipinski definition) is 2. The van der Waals surface area contributed by atoms with Gasteiger partial charge in [0.05, 0.1) is 0 Å². The number of rotatable bonds is 4. The predicted octanol–water partition coefficient (Wildman–Crippen LogP) is 1.74. The Balaban J connectivity index is 1.83. The highest BCUT2D eigenvalue weighted by Crippen LogP contribution is 2.19. The molecule has 0 saturated carbocycles. The Kier molecular flexibility index (Phi) is 4.63. The zero-order valence-electron chi connectivity index (χ0n) is 10.8. The third kappa shape index (κ3) is 3.86. The summed E-state index contributed by atoms with van der Waals surface area (Å²) in [5, 5.41) is 17.7. The molecule has 2 rings (SSSR count). The maximum absolute atomic E-state index is 10.8. The van der Waals surface area contributed by atoms with Crippen LogP contribution in [-0.2, 0) is 6.42 Å². The standard InChI is InChI=1S/C14H19NO4/c16-10-7-11-1-3-12(4-2-11)19-13-5-8-15(9-6-13)14(17)18/h1-4,13,16H,5-10H2,(H,17,18). The summed E-state index contributed by atoms with van der Waals surface area (Å²) in [6.45, 7) is 1.21. The summed E-state index contributed by atoms with van der Waals surface area (Å²) in [5.41, 5.74) is 1.08. The molecule has 0 bridgehead atoms. The van der Waals surface area contributed by atoms with Crippen LogP contribution in [-0.4, -0.2) is 47.0 Å².